The minimum atomic E-state index is -1.07. The van der Waals surface area contributed by atoms with E-state index in [-0.39, 0.29) is 11.4 Å². The molecule has 0 saturated carbocycles. The zero-order valence-corrected chi connectivity index (χ0v) is 24.0. The predicted molar refractivity (Wildman–Crippen MR) is 162 cm³/mol. The standard InChI is InChI=1S/C29H36N8O3S/c1-34-11-13-36(14-12-34)26-19-23(27(38)31-24(28(39)40)21-41-20-22-7-3-2-4-8-22)32-29(33-26)37-17-15-35(16-18-37)25-9-5-6-10-30-25/h2-10,19,24H,11-18,20-21H2,1H3,(H,31,38)(H,39,40). The second-order valence-electron chi connectivity index (χ2n) is 10.2. The van der Waals surface area contributed by atoms with Crippen LogP contribution >= 0.6 is 11.8 Å². The minimum absolute atomic E-state index is 0.176. The number of carbonyl (C=O) groups is 2. The summed E-state index contributed by atoms with van der Waals surface area (Å²) in [6.07, 6.45) is 1.79. The number of carboxylic acids is 1. The number of likely N-dealkylation sites (N-methyl/N-ethyl adjacent to an activating group) is 1. The van der Waals surface area contributed by atoms with Crippen LogP contribution in [0.5, 0.6) is 0 Å². The van der Waals surface area contributed by atoms with Gasteiger partial charge in [0, 0.05) is 76.1 Å². The molecule has 3 aromatic rings. The molecule has 12 heteroatoms. The first-order valence-corrected chi connectivity index (χ1v) is 15.0. The van der Waals surface area contributed by atoms with Crippen molar-refractivity contribution in [1.29, 1.82) is 0 Å². The van der Waals surface area contributed by atoms with Crippen LogP contribution in [0.2, 0.25) is 0 Å². The number of nitrogens with one attached hydrogen (secondary N) is 1. The highest BCUT2D eigenvalue weighted by molar-refractivity contribution is 7.98. The van der Waals surface area contributed by atoms with Crippen LogP contribution in [0.3, 0.4) is 0 Å². The van der Waals surface area contributed by atoms with Crippen LogP contribution in [0, 0.1) is 0 Å². The highest BCUT2D eigenvalue weighted by atomic mass is 32.2. The molecule has 216 valence electrons. The van der Waals surface area contributed by atoms with Gasteiger partial charge in [-0.3, -0.25) is 4.79 Å². The van der Waals surface area contributed by atoms with E-state index in [1.54, 1.807) is 12.3 Å². The summed E-state index contributed by atoms with van der Waals surface area (Å²) >= 11 is 1.47. The van der Waals surface area contributed by atoms with Gasteiger partial charge in [0.2, 0.25) is 5.95 Å². The summed E-state index contributed by atoms with van der Waals surface area (Å²) in [6, 6.07) is 16.4. The van der Waals surface area contributed by atoms with Crippen molar-refractivity contribution >= 4 is 41.2 Å². The van der Waals surface area contributed by atoms with Crippen molar-refractivity contribution in [3.63, 3.8) is 0 Å². The summed E-state index contributed by atoms with van der Waals surface area (Å²) in [5.41, 5.74) is 1.28. The molecule has 0 spiro atoms. The molecule has 0 radical (unpaired) electrons. The van der Waals surface area contributed by atoms with E-state index in [1.807, 2.05) is 48.5 Å². The van der Waals surface area contributed by atoms with Crippen molar-refractivity contribution in [2.75, 3.05) is 79.9 Å². The molecule has 2 fully saturated rings. The third kappa shape index (κ3) is 7.65. The fraction of sp³-hybridized carbons (Fsp3) is 0.414. The third-order valence-electron chi connectivity index (χ3n) is 7.30. The van der Waals surface area contributed by atoms with E-state index in [2.05, 4.69) is 41.9 Å². The van der Waals surface area contributed by atoms with E-state index in [0.29, 0.717) is 30.6 Å². The molecule has 4 heterocycles. The summed E-state index contributed by atoms with van der Waals surface area (Å²) < 4.78 is 0. The van der Waals surface area contributed by atoms with Gasteiger partial charge in [-0.2, -0.15) is 16.7 Å². The number of anilines is 3. The zero-order chi connectivity index (χ0) is 28.6. The SMILES string of the molecule is CN1CCN(c2cc(C(=O)NC(CSCc3ccccc3)C(=O)O)nc(N3CCN(c4ccccn4)CC3)n2)CC1. The molecule has 2 aliphatic rings. The van der Waals surface area contributed by atoms with Crippen LogP contribution < -0.4 is 20.0 Å². The Hall–Kier alpha value is -3.90. The van der Waals surface area contributed by atoms with Crippen molar-refractivity contribution in [3.8, 4) is 0 Å². The highest BCUT2D eigenvalue weighted by Gasteiger charge is 2.26. The molecule has 1 aromatic carbocycles. The Morgan fingerprint density at radius 1 is 0.878 bits per heavy atom. The quantitative estimate of drug-likeness (QED) is 0.369. The second-order valence-corrected chi connectivity index (χ2v) is 11.3. The number of carbonyl (C=O) groups excluding carboxylic acids is 1. The summed E-state index contributed by atoms with van der Waals surface area (Å²) in [5.74, 6) is 1.43. The molecule has 11 nitrogen and oxygen atoms in total. The molecule has 41 heavy (non-hydrogen) atoms. The Kier molecular flexibility index (Phi) is 9.52. The summed E-state index contributed by atoms with van der Waals surface area (Å²) in [4.78, 5) is 48.1. The van der Waals surface area contributed by atoms with E-state index in [0.717, 1.165) is 50.6 Å². The van der Waals surface area contributed by atoms with E-state index in [9.17, 15) is 14.7 Å². The molecule has 2 aromatic heterocycles. The molecule has 0 aliphatic carbocycles. The maximum atomic E-state index is 13.4. The number of pyridine rings is 1. The Labute approximate surface area is 244 Å². The lowest BCUT2D eigenvalue weighted by atomic mass is 10.2. The van der Waals surface area contributed by atoms with Gasteiger partial charge in [-0.1, -0.05) is 36.4 Å². The maximum absolute atomic E-state index is 13.4. The van der Waals surface area contributed by atoms with Gasteiger partial charge in [0.15, 0.2) is 0 Å². The normalized spacial score (nSPS) is 16.9. The number of aliphatic carboxylic acids is 1. The number of aromatic nitrogens is 3. The molecule has 1 unspecified atom stereocenters. The summed E-state index contributed by atoms with van der Waals surface area (Å²) in [5, 5.41) is 12.5. The van der Waals surface area contributed by atoms with Crippen LogP contribution in [0.15, 0.2) is 60.8 Å². The summed E-state index contributed by atoms with van der Waals surface area (Å²) in [6.45, 7) is 6.22. The average Bonchev–Trinajstić information content (AvgIpc) is 3.01. The van der Waals surface area contributed by atoms with Crippen molar-refractivity contribution in [2.45, 2.75) is 11.8 Å². The molecule has 1 amide bonds. The van der Waals surface area contributed by atoms with Crippen molar-refractivity contribution < 1.29 is 14.7 Å². The van der Waals surface area contributed by atoms with Gasteiger partial charge in [-0.25, -0.2) is 14.8 Å². The number of nitrogens with zero attached hydrogens (tertiary/aromatic N) is 7. The Balaban J connectivity index is 1.30. The average molecular weight is 577 g/mol. The van der Waals surface area contributed by atoms with Gasteiger partial charge in [0.25, 0.3) is 5.91 Å². The monoisotopic (exact) mass is 576 g/mol. The van der Waals surface area contributed by atoms with E-state index >= 15 is 0 Å². The topological polar surface area (TPSA) is 118 Å². The lowest BCUT2D eigenvalue weighted by Crippen LogP contribution is -2.48. The molecular weight excluding hydrogens is 540 g/mol. The number of benzene rings is 1. The fourth-order valence-electron chi connectivity index (χ4n) is 4.83. The number of amides is 1. The second kappa shape index (κ2) is 13.6. The van der Waals surface area contributed by atoms with Crippen LogP contribution in [0.25, 0.3) is 0 Å². The van der Waals surface area contributed by atoms with Crippen LogP contribution in [-0.4, -0.2) is 108 Å². The van der Waals surface area contributed by atoms with Gasteiger partial charge in [-0.15, -0.1) is 0 Å². The van der Waals surface area contributed by atoms with Crippen LogP contribution in [-0.2, 0) is 10.5 Å². The zero-order valence-electron chi connectivity index (χ0n) is 23.2. The van der Waals surface area contributed by atoms with Crippen LogP contribution in [0.1, 0.15) is 16.1 Å². The highest BCUT2D eigenvalue weighted by Crippen LogP contribution is 2.22. The Bertz CT molecular complexity index is 1300. The largest absolute Gasteiger partial charge is 0.480 e. The first-order chi connectivity index (χ1) is 20.0. The number of rotatable bonds is 10. The van der Waals surface area contributed by atoms with Gasteiger partial charge in [-0.05, 0) is 24.7 Å². The lowest BCUT2D eigenvalue weighted by molar-refractivity contribution is -0.138. The molecule has 2 saturated heterocycles. The van der Waals surface area contributed by atoms with Gasteiger partial charge < -0.3 is 30.0 Å². The van der Waals surface area contributed by atoms with E-state index in [4.69, 9.17) is 4.98 Å². The van der Waals surface area contributed by atoms with Crippen molar-refractivity contribution in [3.05, 3.63) is 72.1 Å². The molecule has 2 N–H and O–H groups in total. The van der Waals surface area contributed by atoms with Crippen LogP contribution in [0.4, 0.5) is 17.6 Å². The van der Waals surface area contributed by atoms with Gasteiger partial charge >= 0.3 is 5.97 Å². The number of hydrogen-bond donors (Lipinski definition) is 2. The lowest BCUT2D eigenvalue weighted by Gasteiger charge is -2.36. The van der Waals surface area contributed by atoms with E-state index in [1.165, 1.54) is 11.8 Å². The smallest absolute Gasteiger partial charge is 0.327 e. The number of carboxylic acid groups (broad SMARTS) is 1. The maximum Gasteiger partial charge on any atom is 0.327 e. The van der Waals surface area contributed by atoms with Gasteiger partial charge in [0.1, 0.15) is 23.4 Å². The molecule has 0 bridgehead atoms. The minimum Gasteiger partial charge on any atom is -0.480 e. The van der Waals surface area contributed by atoms with E-state index < -0.39 is 17.9 Å². The fourth-order valence-corrected chi connectivity index (χ4v) is 5.84. The van der Waals surface area contributed by atoms with Gasteiger partial charge in [0.05, 0.1) is 0 Å². The number of thioether (sulfide) groups is 1. The number of piperazine rings is 2. The first-order valence-electron chi connectivity index (χ1n) is 13.8. The van der Waals surface area contributed by atoms with Crippen molar-refractivity contribution in [2.24, 2.45) is 0 Å². The van der Waals surface area contributed by atoms with Crippen molar-refractivity contribution in [1.82, 2.24) is 25.2 Å². The number of hydrogen-bond acceptors (Lipinski definition) is 10. The third-order valence-corrected chi connectivity index (χ3v) is 8.40. The Morgan fingerprint density at radius 3 is 2.22 bits per heavy atom. The summed E-state index contributed by atoms with van der Waals surface area (Å²) in [7, 11) is 2.09. The molecule has 1 atom stereocenters. The molecule has 2 aliphatic heterocycles. The Morgan fingerprint density at radius 2 is 1.54 bits per heavy atom. The molecular formula is C29H36N8O3S. The predicted octanol–water partition coefficient (Wildman–Crippen LogP) is 2.07. The first kappa shape index (κ1) is 28.6. The molecule has 5 rings (SSSR count).